The molecule has 1 unspecified atom stereocenters. The second-order valence-electron chi connectivity index (χ2n) is 7.24. The van der Waals surface area contributed by atoms with Gasteiger partial charge >= 0.3 is 0 Å². The highest BCUT2D eigenvalue weighted by molar-refractivity contribution is 6.69. The van der Waals surface area contributed by atoms with E-state index in [0.717, 1.165) is 25.7 Å². The molecule has 1 fully saturated rings. The van der Waals surface area contributed by atoms with Gasteiger partial charge in [-0.3, -0.25) is 0 Å². The van der Waals surface area contributed by atoms with Crippen LogP contribution in [-0.2, 0) is 4.53 Å². The van der Waals surface area contributed by atoms with Crippen molar-refractivity contribution in [2.24, 2.45) is 11.1 Å². The van der Waals surface area contributed by atoms with Crippen LogP contribution in [0.4, 0.5) is 0 Å². The zero-order valence-electron chi connectivity index (χ0n) is 14.2. The van der Waals surface area contributed by atoms with Crippen molar-refractivity contribution < 1.29 is 4.53 Å². The molecule has 21 heavy (non-hydrogen) atoms. The van der Waals surface area contributed by atoms with E-state index in [0.29, 0.717) is 0 Å². The lowest BCUT2D eigenvalue weighted by molar-refractivity contribution is 0.331. The molecule has 1 aliphatic carbocycles. The Morgan fingerprint density at radius 2 is 1.57 bits per heavy atom. The lowest BCUT2D eigenvalue weighted by atomic mass is 9.95. The van der Waals surface area contributed by atoms with Gasteiger partial charge < -0.3 is 4.53 Å². The molecule has 1 atom stereocenters. The van der Waals surface area contributed by atoms with Gasteiger partial charge in [0.2, 0.25) is 0 Å². The highest BCUT2D eigenvalue weighted by atomic mass is 28.4. The highest BCUT2D eigenvalue weighted by Crippen LogP contribution is 2.20. The second-order valence-corrected chi connectivity index (χ2v) is 11.6. The Morgan fingerprint density at radius 1 is 0.952 bits per heavy atom. The number of nitrogens with zero attached hydrogens (tertiary/aromatic N) is 2. The third-order valence-corrected chi connectivity index (χ3v) is 4.57. The van der Waals surface area contributed by atoms with Crippen molar-refractivity contribution >= 4 is 14.0 Å². The summed E-state index contributed by atoms with van der Waals surface area (Å²) in [5.41, 5.74) is 1.18. The van der Waals surface area contributed by atoms with Gasteiger partial charge in [-0.15, -0.1) is 5.16 Å². The molecule has 120 valence electrons. The van der Waals surface area contributed by atoms with Crippen LogP contribution in [0.5, 0.6) is 0 Å². The lowest BCUT2D eigenvalue weighted by Gasteiger charge is -2.16. The summed E-state index contributed by atoms with van der Waals surface area (Å²) < 4.78 is 5.73. The highest BCUT2D eigenvalue weighted by Gasteiger charge is 2.17. The molecule has 0 spiro atoms. The van der Waals surface area contributed by atoms with Crippen molar-refractivity contribution in [3.63, 3.8) is 0 Å². The minimum absolute atomic E-state index is 0.197. The summed E-state index contributed by atoms with van der Waals surface area (Å²) in [6.07, 6.45) is 13.0. The maximum atomic E-state index is 9.28. The molecular formula is C17H32N2OSi. The van der Waals surface area contributed by atoms with Crippen molar-refractivity contribution in [3.05, 3.63) is 0 Å². The topological polar surface area (TPSA) is 45.4 Å². The molecule has 4 heteroatoms. The number of hydrogen-bond acceptors (Lipinski definition) is 3. The van der Waals surface area contributed by atoms with Crippen LogP contribution in [0.1, 0.15) is 70.6 Å². The molecule has 0 aromatic carbocycles. The Bertz CT molecular complexity index is 355. The SMILES string of the molecule is C[Si](C)(C)ON=C1CCCCCCCCCC(C#N)CC1. The Hall–Kier alpha value is -0.823. The smallest absolute Gasteiger partial charge is 0.278 e. The summed E-state index contributed by atoms with van der Waals surface area (Å²) >= 11 is 0. The van der Waals surface area contributed by atoms with Crippen LogP contribution in [0.25, 0.3) is 0 Å². The quantitative estimate of drug-likeness (QED) is 0.489. The fraction of sp³-hybridized carbons (Fsp3) is 0.882. The molecule has 3 nitrogen and oxygen atoms in total. The average molecular weight is 309 g/mol. The van der Waals surface area contributed by atoms with E-state index >= 15 is 0 Å². The molecular weight excluding hydrogens is 276 g/mol. The van der Waals surface area contributed by atoms with Crippen molar-refractivity contribution in [3.8, 4) is 6.07 Å². The fourth-order valence-corrected chi connectivity index (χ4v) is 3.04. The van der Waals surface area contributed by atoms with Crippen LogP contribution in [0.2, 0.25) is 19.6 Å². The first-order valence-corrected chi connectivity index (χ1v) is 12.1. The summed E-state index contributed by atoms with van der Waals surface area (Å²) in [6, 6.07) is 2.48. The Labute approximate surface area is 131 Å². The zero-order chi connectivity index (χ0) is 15.6. The summed E-state index contributed by atoms with van der Waals surface area (Å²) in [7, 11) is -1.60. The third-order valence-electron chi connectivity index (χ3n) is 3.93. The standard InChI is InChI=1S/C17H32N2OSi/c1-21(2,3)20-19-17-12-10-8-6-4-5-7-9-11-16(15-18)13-14-17/h16H,4-14H2,1-3H3. The largest absolute Gasteiger partial charge is 0.456 e. The molecule has 0 N–H and O–H groups in total. The van der Waals surface area contributed by atoms with E-state index in [9.17, 15) is 5.26 Å². The van der Waals surface area contributed by atoms with Crippen molar-refractivity contribution in [2.45, 2.75) is 90.3 Å². The van der Waals surface area contributed by atoms with Gasteiger partial charge in [-0.2, -0.15) is 5.26 Å². The van der Waals surface area contributed by atoms with E-state index in [2.05, 4.69) is 30.9 Å². The first kappa shape index (κ1) is 18.2. The van der Waals surface area contributed by atoms with Gasteiger partial charge in [0.25, 0.3) is 8.32 Å². The number of oxime groups is 1. The van der Waals surface area contributed by atoms with Gasteiger partial charge in [-0.1, -0.05) is 38.5 Å². The number of rotatable bonds is 2. The summed E-state index contributed by atoms with van der Waals surface area (Å²) in [4.78, 5) is 0. The Morgan fingerprint density at radius 3 is 2.19 bits per heavy atom. The molecule has 0 aliphatic heterocycles. The van der Waals surface area contributed by atoms with Gasteiger partial charge in [0.1, 0.15) is 0 Å². The Balaban J connectivity index is 2.59. The molecule has 1 aliphatic rings. The van der Waals surface area contributed by atoms with E-state index in [1.54, 1.807) is 0 Å². The molecule has 1 rings (SSSR count). The van der Waals surface area contributed by atoms with Gasteiger partial charge in [0.15, 0.2) is 0 Å². The Kier molecular flexibility index (Phi) is 8.68. The number of nitriles is 1. The average Bonchev–Trinajstić information content (AvgIpc) is 2.45. The molecule has 0 amide bonds. The van der Waals surface area contributed by atoms with Gasteiger partial charge in [-0.25, -0.2) is 0 Å². The normalized spacial score (nSPS) is 25.2. The van der Waals surface area contributed by atoms with Crippen LogP contribution in [0, 0.1) is 17.2 Å². The van der Waals surface area contributed by atoms with E-state index < -0.39 is 8.32 Å². The first-order chi connectivity index (χ1) is 10.0. The van der Waals surface area contributed by atoms with Gasteiger partial charge in [0, 0.05) is 5.92 Å². The van der Waals surface area contributed by atoms with Crippen LogP contribution in [0.3, 0.4) is 0 Å². The van der Waals surface area contributed by atoms with E-state index in [1.165, 1.54) is 50.7 Å². The third kappa shape index (κ3) is 9.68. The maximum Gasteiger partial charge on any atom is 0.278 e. The van der Waals surface area contributed by atoms with Gasteiger partial charge in [-0.05, 0) is 51.7 Å². The molecule has 0 heterocycles. The molecule has 1 saturated carbocycles. The number of hydrogen-bond donors (Lipinski definition) is 0. The summed E-state index contributed by atoms with van der Waals surface area (Å²) in [5, 5.41) is 13.7. The van der Waals surface area contributed by atoms with E-state index in [4.69, 9.17) is 4.53 Å². The molecule has 0 aromatic heterocycles. The van der Waals surface area contributed by atoms with Crippen LogP contribution >= 0.6 is 0 Å². The van der Waals surface area contributed by atoms with Crippen molar-refractivity contribution in [1.29, 1.82) is 5.26 Å². The predicted octanol–water partition coefficient (Wildman–Crippen LogP) is 5.64. The summed E-state index contributed by atoms with van der Waals surface area (Å²) in [5.74, 6) is 0.197. The zero-order valence-corrected chi connectivity index (χ0v) is 15.2. The van der Waals surface area contributed by atoms with E-state index in [-0.39, 0.29) is 5.92 Å². The minimum Gasteiger partial charge on any atom is -0.456 e. The van der Waals surface area contributed by atoms with Crippen LogP contribution < -0.4 is 0 Å². The second kappa shape index (κ2) is 10.00. The monoisotopic (exact) mass is 308 g/mol. The molecule has 0 bridgehead atoms. The van der Waals surface area contributed by atoms with E-state index in [1.807, 2.05) is 0 Å². The van der Waals surface area contributed by atoms with Crippen molar-refractivity contribution in [1.82, 2.24) is 0 Å². The fourth-order valence-electron chi connectivity index (χ4n) is 2.64. The predicted molar refractivity (Wildman–Crippen MR) is 91.8 cm³/mol. The van der Waals surface area contributed by atoms with Crippen LogP contribution in [0.15, 0.2) is 5.16 Å². The van der Waals surface area contributed by atoms with Crippen LogP contribution in [-0.4, -0.2) is 14.0 Å². The molecule has 0 saturated heterocycles. The summed E-state index contributed by atoms with van der Waals surface area (Å²) in [6.45, 7) is 6.48. The lowest BCUT2D eigenvalue weighted by Crippen LogP contribution is -2.23. The maximum absolute atomic E-state index is 9.28. The molecule has 0 radical (unpaired) electrons. The molecule has 0 aromatic rings. The minimum atomic E-state index is -1.60. The first-order valence-electron chi connectivity index (χ1n) is 8.65. The van der Waals surface area contributed by atoms with Crippen molar-refractivity contribution in [2.75, 3.05) is 0 Å². The van der Waals surface area contributed by atoms with Gasteiger partial charge in [0.05, 0.1) is 11.8 Å².